The van der Waals surface area contributed by atoms with Gasteiger partial charge in [0.2, 0.25) is 0 Å². The number of hydrazine groups is 1. The Hall–Kier alpha value is -0.560. The average Bonchev–Trinajstić information content (AvgIpc) is 3.21. The molecule has 0 saturated carbocycles. The maximum Gasteiger partial charge on any atom is 0.253 e. The second-order valence-corrected chi connectivity index (χ2v) is 18.7. The van der Waals surface area contributed by atoms with Crippen LogP contribution in [0.1, 0.15) is 51.8 Å². The molecule has 2 rings (SSSR count). The number of anilines is 1. The fourth-order valence-corrected chi connectivity index (χ4v) is 14.3. The van der Waals surface area contributed by atoms with Crippen molar-refractivity contribution in [2.45, 2.75) is 24.4 Å². The molecule has 0 aliphatic rings. The summed E-state index contributed by atoms with van der Waals surface area (Å²) in [7, 11) is 0. The topological polar surface area (TPSA) is 348 Å². The maximum absolute atomic E-state index is 13.7. The molecule has 0 radical (unpaired) electrons. The van der Waals surface area contributed by atoms with Crippen LogP contribution < -0.4 is 31.7 Å². The number of carbonyl (C=O) groups is 6. The number of carbonyl (C=O) groups excluding carboxylic acids is 6. The minimum atomic E-state index is -1.91. The fourth-order valence-electron chi connectivity index (χ4n) is 4.83. The Labute approximate surface area is 423 Å². The van der Waals surface area contributed by atoms with Gasteiger partial charge in [-0.15, -0.1) is 0 Å². The van der Waals surface area contributed by atoms with Gasteiger partial charge < -0.3 is 72.2 Å². The average molecular weight is 1520 g/mol. The van der Waals surface area contributed by atoms with Crippen molar-refractivity contribution in [3.8, 4) is 0 Å². The Balaban J connectivity index is 2.59. The van der Waals surface area contributed by atoms with Gasteiger partial charge >= 0.3 is 0 Å². The molecule has 4 atom stereocenters. The maximum atomic E-state index is 13.7. The Morgan fingerprint density at radius 1 is 0.517 bits per heavy atom. The minimum absolute atomic E-state index is 0.0380. The first-order valence-electron chi connectivity index (χ1n) is 17.1. The monoisotopic (exact) mass is 1520 g/mol. The summed E-state index contributed by atoms with van der Waals surface area (Å²) in [6, 6.07) is 0. The van der Waals surface area contributed by atoms with E-state index >= 15 is 0 Å². The minimum Gasteiger partial charge on any atom is -0.395 e. The van der Waals surface area contributed by atoms with Crippen LogP contribution in [0.5, 0.6) is 0 Å². The first kappa shape index (κ1) is 55.6. The van der Waals surface area contributed by atoms with Crippen LogP contribution in [0.15, 0.2) is 0 Å². The number of halogens is 6. The molecule has 334 valence electrons. The first-order chi connectivity index (χ1) is 28.2. The van der Waals surface area contributed by atoms with Crippen LogP contribution >= 0.6 is 136 Å². The normalized spacial score (nSPS) is 13.2. The largest absolute Gasteiger partial charge is 0.395 e. The number of aliphatic hydroxyl groups is 9. The van der Waals surface area contributed by atoms with E-state index in [1.807, 2.05) is 0 Å². The van der Waals surface area contributed by atoms with Crippen molar-refractivity contribution in [3.05, 3.63) is 49.2 Å². The van der Waals surface area contributed by atoms with Crippen LogP contribution in [-0.2, 0) is 4.79 Å². The van der Waals surface area contributed by atoms with E-state index < -0.39 is 106 Å². The fraction of sp³-hybridized carbons (Fsp3) is 0.455. The zero-order chi connectivity index (χ0) is 45.6. The van der Waals surface area contributed by atoms with E-state index in [4.69, 9.17) is 5.11 Å². The number of nitrogens with one attached hydrogen (secondary N) is 5. The Bertz CT molecular complexity index is 1880. The smallest absolute Gasteiger partial charge is 0.253 e. The molecule has 21 nitrogen and oxygen atoms in total. The number of Topliss-reactive ketones (excluding diaryl/α,β-unsaturated/α-hetero) is 2. The highest BCUT2D eigenvalue weighted by atomic mass is 127. The molecule has 0 aliphatic heterocycles. The van der Waals surface area contributed by atoms with Crippen LogP contribution in [0, 0.1) is 21.4 Å². The third-order valence-electron chi connectivity index (χ3n) is 7.90. The second kappa shape index (κ2) is 27.0. The van der Waals surface area contributed by atoms with Crippen molar-refractivity contribution in [3.63, 3.8) is 0 Å². The quantitative estimate of drug-likeness (QED) is 0.0291. The van der Waals surface area contributed by atoms with Crippen molar-refractivity contribution in [2.75, 3.05) is 77.3 Å². The molecule has 0 saturated heterocycles. The molecule has 4 unspecified atom stereocenters. The lowest BCUT2D eigenvalue weighted by molar-refractivity contribution is -0.125. The van der Waals surface area contributed by atoms with Crippen molar-refractivity contribution in [2.24, 2.45) is 0 Å². The summed E-state index contributed by atoms with van der Waals surface area (Å²) in [5.41, 5.74) is 2.19. The SMILES string of the molecule is O=C(CO)c1c(I)c(C(=O)NCC(=O)C(O)CN(NCCO)c2c(I)c(C(=O)NCC(O)CO)c(I)c(C(=O)NCC(O)CO)c2I)c(I)c(C(=O)NCC(O)CO)c1I. The number of hydrogen-bond donors (Lipinski definition) is 14. The molecule has 0 bridgehead atoms. The number of hydrogen-bond acceptors (Lipinski definition) is 17. The zero-order valence-electron chi connectivity index (χ0n) is 30.8. The highest BCUT2D eigenvalue weighted by Gasteiger charge is 2.34. The van der Waals surface area contributed by atoms with Gasteiger partial charge in [-0.05, 0) is 136 Å². The van der Waals surface area contributed by atoms with Crippen LogP contribution in [-0.4, -0.2) is 178 Å². The summed E-state index contributed by atoms with van der Waals surface area (Å²) < 4.78 is 0.619. The Morgan fingerprint density at radius 2 is 0.867 bits per heavy atom. The highest BCUT2D eigenvalue weighted by molar-refractivity contribution is 14.1. The summed E-state index contributed by atoms with van der Waals surface area (Å²) >= 11 is 10.5. The van der Waals surface area contributed by atoms with Gasteiger partial charge in [0.1, 0.15) is 12.7 Å². The second-order valence-electron chi connectivity index (χ2n) is 12.2. The van der Waals surface area contributed by atoms with E-state index in [0.717, 1.165) is 0 Å². The van der Waals surface area contributed by atoms with Gasteiger partial charge in [-0.2, -0.15) is 0 Å². The summed E-state index contributed by atoms with van der Waals surface area (Å²) in [4.78, 5) is 80.3. The van der Waals surface area contributed by atoms with Crippen LogP contribution in [0.4, 0.5) is 5.69 Å². The van der Waals surface area contributed by atoms with Crippen LogP contribution in [0.2, 0.25) is 0 Å². The molecular weight excluding hydrogens is 1480 g/mol. The number of nitrogens with zero attached hydrogens (tertiary/aromatic N) is 1. The van der Waals surface area contributed by atoms with E-state index in [-0.39, 0.29) is 81.1 Å². The molecule has 2 aromatic rings. The van der Waals surface area contributed by atoms with Gasteiger partial charge in [-0.1, -0.05) is 0 Å². The zero-order valence-corrected chi connectivity index (χ0v) is 43.7. The number of rotatable bonds is 24. The number of amides is 4. The lowest BCUT2D eigenvalue weighted by Crippen LogP contribution is -2.49. The standard InChI is InChI=1S/C33H40I6N6O15/c34-23-18(17(56)11-50)24(35)20(25(36)19(23)30(57)40-3-12(51)8-47)31(58)43-6-15(54)16(55)7-45(44-1-2-46)29-27(38)21(32(59)41-4-13(52)9-48)26(37)22(28(29)39)33(60)42-5-14(53)10-49/h12-14,16,44,46-53,55H,1-11H2,(H,40,57)(H,41,59)(H,42,60)(H,43,58). The van der Waals surface area contributed by atoms with Gasteiger partial charge in [0.05, 0.1) is 92.9 Å². The lowest BCUT2D eigenvalue weighted by Gasteiger charge is -2.31. The number of benzene rings is 2. The van der Waals surface area contributed by atoms with Crippen molar-refractivity contribution < 1.29 is 74.7 Å². The summed E-state index contributed by atoms with van der Waals surface area (Å²) in [6.45, 7) is -6.11. The predicted octanol–water partition coefficient (Wildman–Crippen LogP) is -2.60. The van der Waals surface area contributed by atoms with Crippen molar-refractivity contribution in [1.82, 2.24) is 26.7 Å². The summed E-state index contributed by atoms with van der Waals surface area (Å²) in [5.74, 6) is -5.12. The van der Waals surface area contributed by atoms with Gasteiger partial charge in [0.25, 0.3) is 23.6 Å². The van der Waals surface area contributed by atoms with Crippen molar-refractivity contribution >= 4 is 176 Å². The molecule has 60 heavy (non-hydrogen) atoms. The van der Waals surface area contributed by atoms with Gasteiger partial charge in [-0.3, -0.25) is 28.8 Å². The number of aliphatic hydroxyl groups excluding tert-OH is 9. The Kier molecular flexibility index (Phi) is 25.0. The van der Waals surface area contributed by atoms with E-state index in [1.54, 1.807) is 136 Å². The summed E-state index contributed by atoms with van der Waals surface area (Å²) in [6.07, 6.45) is -5.85. The molecule has 14 N–H and O–H groups in total. The molecule has 0 fully saturated rings. The van der Waals surface area contributed by atoms with Crippen LogP contribution in [0.25, 0.3) is 0 Å². The first-order valence-corrected chi connectivity index (χ1v) is 23.6. The third kappa shape index (κ3) is 14.7. The van der Waals surface area contributed by atoms with Gasteiger partial charge in [-0.25, -0.2) is 5.43 Å². The van der Waals surface area contributed by atoms with E-state index in [0.29, 0.717) is 0 Å². The highest BCUT2D eigenvalue weighted by Crippen LogP contribution is 2.38. The van der Waals surface area contributed by atoms with Gasteiger partial charge in [0, 0.05) is 46.0 Å². The lowest BCUT2D eigenvalue weighted by atomic mass is 10.0. The third-order valence-corrected chi connectivity index (χ3v) is 14.3. The van der Waals surface area contributed by atoms with Gasteiger partial charge in [0.15, 0.2) is 11.6 Å². The molecule has 2 aromatic carbocycles. The molecule has 0 aromatic heterocycles. The van der Waals surface area contributed by atoms with Crippen LogP contribution in [0.3, 0.4) is 0 Å². The molecule has 0 aliphatic carbocycles. The molecule has 0 spiro atoms. The Morgan fingerprint density at radius 3 is 1.22 bits per heavy atom. The molecule has 27 heteroatoms. The summed E-state index contributed by atoms with van der Waals surface area (Å²) in [5, 5.41) is 98.6. The molecule has 4 amide bonds. The predicted molar refractivity (Wildman–Crippen MR) is 263 cm³/mol. The number of ketones is 2. The van der Waals surface area contributed by atoms with Crippen molar-refractivity contribution in [1.29, 1.82) is 0 Å². The molecule has 0 heterocycles. The van der Waals surface area contributed by atoms with E-state index in [1.165, 1.54) is 5.01 Å². The van der Waals surface area contributed by atoms with E-state index in [9.17, 15) is 69.6 Å². The van der Waals surface area contributed by atoms with E-state index in [2.05, 4.69) is 26.7 Å². The molecular formula is C33H40I6N6O15.